The second-order valence-electron chi connectivity index (χ2n) is 7.94. The number of aryl methyl sites for hydroxylation is 1. The van der Waals surface area contributed by atoms with Crippen LogP contribution in [0.4, 0.5) is 0 Å². The molecule has 3 heterocycles. The van der Waals surface area contributed by atoms with Crippen LogP contribution in [0.3, 0.4) is 0 Å². The van der Waals surface area contributed by atoms with Gasteiger partial charge < -0.3 is 9.88 Å². The van der Waals surface area contributed by atoms with Crippen molar-refractivity contribution < 1.29 is 4.79 Å². The molecule has 5 nitrogen and oxygen atoms in total. The zero-order chi connectivity index (χ0) is 19.7. The van der Waals surface area contributed by atoms with Crippen molar-refractivity contribution in [3.63, 3.8) is 0 Å². The first-order chi connectivity index (χ1) is 13.6. The van der Waals surface area contributed by atoms with E-state index in [1.807, 2.05) is 23.1 Å². The highest BCUT2D eigenvalue weighted by Crippen LogP contribution is 2.28. The molecule has 1 saturated heterocycles. The maximum Gasteiger partial charge on any atom is 0.253 e. The number of hydrogen-bond donors (Lipinski definition) is 1. The van der Waals surface area contributed by atoms with Gasteiger partial charge in [0, 0.05) is 60.0 Å². The Hall–Kier alpha value is -1.50. The van der Waals surface area contributed by atoms with Crippen LogP contribution in [0, 0.1) is 0 Å². The van der Waals surface area contributed by atoms with Crippen LogP contribution in [0.15, 0.2) is 23.0 Å². The summed E-state index contributed by atoms with van der Waals surface area (Å²) in [6, 6.07) is 6.33. The summed E-state index contributed by atoms with van der Waals surface area (Å²) in [5.41, 5.74) is 3.60. The Morgan fingerprint density at radius 3 is 2.69 bits per heavy atom. The van der Waals surface area contributed by atoms with Gasteiger partial charge in [0.1, 0.15) is 0 Å². The van der Waals surface area contributed by atoms with Crippen molar-refractivity contribution in [2.45, 2.75) is 44.9 Å². The van der Waals surface area contributed by atoms with Crippen LogP contribution in [0.25, 0.3) is 10.9 Å². The number of benzene rings is 1. The predicted molar refractivity (Wildman–Crippen MR) is 124 cm³/mol. The van der Waals surface area contributed by atoms with Crippen molar-refractivity contribution >= 4 is 41.0 Å². The summed E-state index contributed by atoms with van der Waals surface area (Å²) in [4.78, 5) is 32.9. The number of carbonyl (C=O) groups is 1. The van der Waals surface area contributed by atoms with Crippen molar-refractivity contribution in [2.75, 3.05) is 31.9 Å². The van der Waals surface area contributed by atoms with Crippen LogP contribution in [0.2, 0.25) is 0 Å². The Morgan fingerprint density at radius 2 is 1.97 bits per heavy atom. The van der Waals surface area contributed by atoms with Crippen LogP contribution in [-0.2, 0) is 12.2 Å². The molecule has 1 aromatic carbocycles. The van der Waals surface area contributed by atoms with Crippen molar-refractivity contribution in [3.05, 3.63) is 45.2 Å². The number of carbonyl (C=O) groups excluding carboxylic acids is 1. The first-order valence-corrected chi connectivity index (χ1v) is 11.5. The molecule has 1 amide bonds. The standard InChI is InChI=1S/C22H29N3O2S.ClH/c1-3-4-15(2)24-8-10-25(11-9-24)22(27)16-5-6-20-18(13-16)17-7-12-28-14-19(17)21(26)23-20;/h5-6,13,15H,3-4,7-12,14H2,1-2H3,(H,23,26);1H. The molecular formula is C22H30ClN3O2S. The normalized spacial score (nSPS) is 18.2. The summed E-state index contributed by atoms with van der Waals surface area (Å²) in [7, 11) is 0. The van der Waals surface area contributed by atoms with Crippen LogP contribution < -0.4 is 5.56 Å². The molecule has 1 unspecified atom stereocenters. The van der Waals surface area contributed by atoms with E-state index >= 15 is 0 Å². The number of hydrogen-bond acceptors (Lipinski definition) is 4. The minimum Gasteiger partial charge on any atom is -0.336 e. The summed E-state index contributed by atoms with van der Waals surface area (Å²) in [5.74, 6) is 1.90. The third-order valence-corrected chi connectivity index (χ3v) is 7.14. The molecule has 158 valence electrons. The van der Waals surface area contributed by atoms with E-state index < -0.39 is 0 Å². The van der Waals surface area contributed by atoms with E-state index in [0.29, 0.717) is 6.04 Å². The average molecular weight is 436 g/mol. The van der Waals surface area contributed by atoms with Gasteiger partial charge in [-0.25, -0.2) is 0 Å². The van der Waals surface area contributed by atoms with E-state index in [9.17, 15) is 9.59 Å². The molecule has 2 aliphatic rings. The molecular weight excluding hydrogens is 406 g/mol. The Kier molecular flexibility index (Phi) is 7.30. The molecule has 1 N–H and O–H groups in total. The van der Waals surface area contributed by atoms with E-state index in [2.05, 4.69) is 23.7 Å². The third kappa shape index (κ3) is 4.49. The van der Waals surface area contributed by atoms with Gasteiger partial charge in [0.25, 0.3) is 11.5 Å². The number of pyridine rings is 1. The maximum absolute atomic E-state index is 13.1. The zero-order valence-corrected chi connectivity index (χ0v) is 18.8. The number of H-pyrrole nitrogens is 1. The number of fused-ring (bicyclic) bond motifs is 3. The van der Waals surface area contributed by atoms with Gasteiger partial charge in [-0.3, -0.25) is 14.5 Å². The van der Waals surface area contributed by atoms with E-state index in [1.165, 1.54) is 12.8 Å². The highest BCUT2D eigenvalue weighted by Gasteiger charge is 2.25. The highest BCUT2D eigenvalue weighted by molar-refractivity contribution is 7.98. The number of aromatic amines is 1. The van der Waals surface area contributed by atoms with Gasteiger partial charge in [-0.2, -0.15) is 11.8 Å². The molecule has 1 atom stereocenters. The zero-order valence-electron chi connectivity index (χ0n) is 17.2. The minimum absolute atomic E-state index is 0. The molecule has 29 heavy (non-hydrogen) atoms. The first-order valence-electron chi connectivity index (χ1n) is 10.4. The molecule has 0 bridgehead atoms. The monoisotopic (exact) mass is 435 g/mol. The summed E-state index contributed by atoms with van der Waals surface area (Å²) in [6.07, 6.45) is 3.30. The topological polar surface area (TPSA) is 56.4 Å². The number of thioether (sulfide) groups is 1. The summed E-state index contributed by atoms with van der Waals surface area (Å²) in [5, 5.41) is 1.04. The average Bonchev–Trinajstić information content (AvgIpc) is 2.73. The lowest BCUT2D eigenvalue weighted by atomic mass is 9.99. The van der Waals surface area contributed by atoms with Crippen molar-refractivity contribution in [3.8, 4) is 0 Å². The minimum atomic E-state index is 0. The molecule has 1 aromatic heterocycles. The number of piperazine rings is 1. The second-order valence-corrected chi connectivity index (χ2v) is 9.05. The fourth-order valence-corrected chi connectivity index (χ4v) is 5.47. The molecule has 1 fully saturated rings. The van der Waals surface area contributed by atoms with E-state index in [-0.39, 0.29) is 23.9 Å². The lowest BCUT2D eigenvalue weighted by Crippen LogP contribution is -2.51. The van der Waals surface area contributed by atoms with E-state index in [4.69, 9.17) is 0 Å². The molecule has 0 aliphatic carbocycles. The number of halogens is 1. The van der Waals surface area contributed by atoms with Crippen LogP contribution in [0.5, 0.6) is 0 Å². The Morgan fingerprint density at radius 1 is 1.21 bits per heavy atom. The molecule has 2 aromatic rings. The number of nitrogens with zero attached hydrogens (tertiary/aromatic N) is 2. The summed E-state index contributed by atoms with van der Waals surface area (Å²) >= 11 is 1.80. The van der Waals surface area contributed by atoms with E-state index in [1.54, 1.807) is 11.8 Å². The van der Waals surface area contributed by atoms with Gasteiger partial charge >= 0.3 is 0 Å². The molecule has 0 spiro atoms. The van der Waals surface area contributed by atoms with Gasteiger partial charge in [0.15, 0.2) is 0 Å². The summed E-state index contributed by atoms with van der Waals surface area (Å²) < 4.78 is 0. The van der Waals surface area contributed by atoms with Crippen LogP contribution in [-0.4, -0.2) is 58.7 Å². The number of amides is 1. The maximum atomic E-state index is 13.1. The van der Waals surface area contributed by atoms with Crippen molar-refractivity contribution in [2.24, 2.45) is 0 Å². The fourth-order valence-electron chi connectivity index (χ4n) is 4.47. The van der Waals surface area contributed by atoms with Gasteiger partial charge in [-0.15, -0.1) is 12.4 Å². The molecule has 0 radical (unpaired) electrons. The summed E-state index contributed by atoms with van der Waals surface area (Å²) in [6.45, 7) is 7.96. The largest absolute Gasteiger partial charge is 0.336 e. The Balaban J connectivity index is 0.00000240. The van der Waals surface area contributed by atoms with Crippen molar-refractivity contribution in [1.82, 2.24) is 14.8 Å². The predicted octanol–water partition coefficient (Wildman–Crippen LogP) is 3.69. The lowest BCUT2D eigenvalue weighted by Gasteiger charge is -2.38. The lowest BCUT2D eigenvalue weighted by molar-refractivity contribution is 0.0575. The van der Waals surface area contributed by atoms with Gasteiger partial charge in [0.05, 0.1) is 0 Å². The first kappa shape index (κ1) is 22.2. The molecule has 0 saturated carbocycles. The van der Waals surface area contributed by atoms with Gasteiger partial charge in [0.2, 0.25) is 0 Å². The Bertz CT molecular complexity index is 938. The molecule has 2 aliphatic heterocycles. The fraction of sp³-hybridized carbons (Fsp3) is 0.545. The molecule has 4 rings (SSSR count). The highest BCUT2D eigenvalue weighted by atomic mass is 35.5. The van der Waals surface area contributed by atoms with Crippen molar-refractivity contribution in [1.29, 1.82) is 0 Å². The van der Waals surface area contributed by atoms with Gasteiger partial charge in [-0.05, 0) is 49.3 Å². The Labute approximate surface area is 182 Å². The second kappa shape index (κ2) is 9.54. The third-order valence-electron chi connectivity index (χ3n) is 6.15. The number of aromatic nitrogens is 1. The quantitative estimate of drug-likeness (QED) is 0.795. The van der Waals surface area contributed by atoms with Crippen LogP contribution in [0.1, 0.15) is 48.2 Å². The van der Waals surface area contributed by atoms with Crippen LogP contribution >= 0.6 is 24.2 Å². The number of rotatable bonds is 4. The van der Waals surface area contributed by atoms with Gasteiger partial charge in [-0.1, -0.05) is 13.3 Å². The number of nitrogens with one attached hydrogen (secondary N) is 1. The molecule has 7 heteroatoms. The smallest absolute Gasteiger partial charge is 0.253 e. The SMILES string of the molecule is CCCC(C)N1CCN(C(=O)c2ccc3[nH]c(=O)c4c(c3c2)CCSC4)CC1.Cl. The van der Waals surface area contributed by atoms with E-state index in [0.717, 1.165) is 71.7 Å².